The first-order valence-electron chi connectivity index (χ1n) is 5.04. The molecule has 0 fully saturated rings. The lowest BCUT2D eigenvalue weighted by atomic mass is 10.3. The molecule has 0 bridgehead atoms. The molecule has 3 heteroatoms. The average Bonchev–Trinajstić information content (AvgIpc) is 2.23. The zero-order chi connectivity index (χ0) is 11.1. The van der Waals surface area contributed by atoms with Crippen molar-refractivity contribution in [1.82, 2.24) is 0 Å². The van der Waals surface area contributed by atoms with Crippen LogP contribution in [0.15, 0.2) is 35.2 Å². The van der Waals surface area contributed by atoms with Crippen molar-refractivity contribution in [3.05, 3.63) is 30.4 Å². The van der Waals surface area contributed by atoms with E-state index in [-0.39, 0.29) is 0 Å². The smallest absolute Gasteiger partial charge is 0.120 e. The van der Waals surface area contributed by atoms with Crippen LogP contribution >= 0.6 is 11.8 Å². The van der Waals surface area contributed by atoms with Crippen LogP contribution < -0.4 is 10.5 Å². The molecule has 0 saturated carbocycles. The number of allylic oxidation sites excluding steroid dienone is 1. The normalized spacial score (nSPS) is 10.8. The van der Waals surface area contributed by atoms with Gasteiger partial charge in [-0.15, -0.1) is 11.8 Å². The molecule has 0 aromatic heterocycles. The lowest BCUT2D eigenvalue weighted by Gasteiger charge is -2.07. The summed E-state index contributed by atoms with van der Waals surface area (Å²) in [5.74, 6) is 1.82. The molecule has 0 aliphatic rings. The van der Waals surface area contributed by atoms with E-state index >= 15 is 0 Å². The first-order chi connectivity index (χ1) is 7.27. The Morgan fingerprint density at radius 3 is 2.93 bits per heavy atom. The van der Waals surface area contributed by atoms with E-state index in [4.69, 9.17) is 10.5 Å². The number of thioether (sulfide) groups is 1. The summed E-state index contributed by atoms with van der Waals surface area (Å²) in [4.78, 5) is 1.08. The highest BCUT2D eigenvalue weighted by molar-refractivity contribution is 7.99. The number of rotatable bonds is 5. The third kappa shape index (κ3) is 3.88. The fraction of sp³-hybridized carbons (Fsp3) is 0.333. The van der Waals surface area contributed by atoms with Crippen molar-refractivity contribution in [3.8, 4) is 5.75 Å². The van der Waals surface area contributed by atoms with Crippen LogP contribution in [-0.4, -0.2) is 12.4 Å². The molecule has 0 aliphatic heterocycles. The van der Waals surface area contributed by atoms with Crippen LogP contribution in [0.3, 0.4) is 0 Å². The van der Waals surface area contributed by atoms with Crippen LogP contribution in [0.25, 0.3) is 0 Å². The van der Waals surface area contributed by atoms with Crippen LogP contribution in [0, 0.1) is 0 Å². The Hall–Kier alpha value is -1.09. The maximum atomic E-state index is 5.87. The predicted molar refractivity (Wildman–Crippen MR) is 67.6 cm³/mol. The van der Waals surface area contributed by atoms with Crippen molar-refractivity contribution in [2.75, 3.05) is 18.1 Å². The van der Waals surface area contributed by atoms with Crippen LogP contribution in [0.2, 0.25) is 0 Å². The molecule has 82 valence electrons. The van der Waals surface area contributed by atoms with Gasteiger partial charge in [-0.25, -0.2) is 0 Å². The lowest BCUT2D eigenvalue weighted by Crippen LogP contribution is -1.94. The van der Waals surface area contributed by atoms with Crippen molar-refractivity contribution in [2.45, 2.75) is 18.7 Å². The molecule has 0 saturated heterocycles. The topological polar surface area (TPSA) is 35.2 Å². The summed E-state index contributed by atoms with van der Waals surface area (Å²) in [7, 11) is 0. The molecular weight excluding hydrogens is 206 g/mol. The molecule has 0 atom stereocenters. The molecule has 0 unspecified atom stereocenters. The van der Waals surface area contributed by atoms with E-state index in [9.17, 15) is 0 Å². The average molecular weight is 223 g/mol. The number of benzene rings is 1. The highest BCUT2D eigenvalue weighted by Gasteiger charge is 2.01. The molecule has 0 amide bonds. The number of hydrogen-bond acceptors (Lipinski definition) is 3. The summed E-state index contributed by atoms with van der Waals surface area (Å²) in [6.07, 6.45) is 4.15. The van der Waals surface area contributed by atoms with E-state index < -0.39 is 0 Å². The number of hydrogen-bond donors (Lipinski definition) is 1. The molecule has 2 nitrogen and oxygen atoms in total. The van der Waals surface area contributed by atoms with Gasteiger partial charge in [-0.05, 0) is 32.0 Å². The molecule has 0 heterocycles. The quantitative estimate of drug-likeness (QED) is 0.472. The highest BCUT2D eigenvalue weighted by Crippen LogP contribution is 2.29. The standard InChI is InChI=1S/C12H17NOS/c1-3-5-8-15-12-9-10(14-4-2)6-7-11(12)13/h3,5-7,9H,4,8,13H2,1-2H3. The third-order valence-corrected chi connectivity index (χ3v) is 2.89. The van der Waals surface area contributed by atoms with Crippen molar-refractivity contribution < 1.29 is 4.74 Å². The zero-order valence-electron chi connectivity index (χ0n) is 9.19. The number of nitrogen functional groups attached to an aromatic ring is 1. The first-order valence-corrected chi connectivity index (χ1v) is 6.02. The highest BCUT2D eigenvalue weighted by atomic mass is 32.2. The van der Waals surface area contributed by atoms with Crippen molar-refractivity contribution in [2.24, 2.45) is 0 Å². The lowest BCUT2D eigenvalue weighted by molar-refractivity contribution is 0.339. The van der Waals surface area contributed by atoms with Crippen LogP contribution in [-0.2, 0) is 0 Å². The van der Waals surface area contributed by atoms with E-state index in [1.807, 2.05) is 38.1 Å². The van der Waals surface area contributed by atoms with Crippen molar-refractivity contribution in [3.63, 3.8) is 0 Å². The monoisotopic (exact) mass is 223 g/mol. The first kappa shape index (κ1) is 12.0. The second-order valence-corrected chi connectivity index (χ2v) is 4.07. The minimum atomic E-state index is 0.683. The molecule has 0 spiro atoms. The van der Waals surface area contributed by atoms with E-state index in [0.29, 0.717) is 6.61 Å². The number of ether oxygens (including phenoxy) is 1. The number of anilines is 1. The van der Waals surface area contributed by atoms with Gasteiger partial charge < -0.3 is 10.5 Å². The van der Waals surface area contributed by atoms with Crippen LogP contribution in [0.4, 0.5) is 5.69 Å². The van der Waals surface area contributed by atoms with E-state index in [2.05, 4.69) is 6.08 Å². The van der Waals surface area contributed by atoms with Gasteiger partial charge in [0, 0.05) is 16.3 Å². The SMILES string of the molecule is CC=CCSc1cc(OCC)ccc1N. The Bertz CT molecular complexity index is 336. The molecule has 0 aliphatic carbocycles. The fourth-order valence-electron chi connectivity index (χ4n) is 1.13. The van der Waals surface area contributed by atoms with Gasteiger partial charge in [0.05, 0.1) is 6.61 Å². The summed E-state index contributed by atoms with van der Waals surface area (Å²) in [6.45, 7) is 4.67. The Labute approximate surface area is 95.5 Å². The summed E-state index contributed by atoms with van der Waals surface area (Å²) < 4.78 is 5.42. The molecule has 15 heavy (non-hydrogen) atoms. The predicted octanol–water partition coefficient (Wildman–Crippen LogP) is 3.34. The summed E-state index contributed by atoms with van der Waals surface area (Å²) in [5, 5.41) is 0. The number of nitrogens with two attached hydrogens (primary N) is 1. The summed E-state index contributed by atoms with van der Waals surface area (Å²) in [6, 6.07) is 5.79. The second-order valence-electron chi connectivity index (χ2n) is 3.01. The van der Waals surface area contributed by atoms with Gasteiger partial charge in [0.15, 0.2) is 0 Å². The fourth-order valence-corrected chi connectivity index (χ4v) is 2.03. The molecule has 1 rings (SSSR count). The van der Waals surface area contributed by atoms with Gasteiger partial charge in [-0.2, -0.15) is 0 Å². The second kappa shape index (κ2) is 6.40. The van der Waals surface area contributed by atoms with Crippen molar-refractivity contribution >= 4 is 17.4 Å². The zero-order valence-corrected chi connectivity index (χ0v) is 10.0. The van der Waals surface area contributed by atoms with Gasteiger partial charge in [0.25, 0.3) is 0 Å². The molecule has 1 aromatic carbocycles. The molecule has 2 N–H and O–H groups in total. The van der Waals surface area contributed by atoms with Gasteiger partial charge in [-0.1, -0.05) is 12.2 Å². The van der Waals surface area contributed by atoms with Gasteiger partial charge in [-0.3, -0.25) is 0 Å². The van der Waals surface area contributed by atoms with Crippen molar-refractivity contribution in [1.29, 1.82) is 0 Å². The summed E-state index contributed by atoms with van der Waals surface area (Å²) >= 11 is 1.72. The molecule has 0 radical (unpaired) electrons. The maximum Gasteiger partial charge on any atom is 0.120 e. The van der Waals surface area contributed by atoms with Crippen LogP contribution in [0.1, 0.15) is 13.8 Å². The molecule has 1 aromatic rings. The summed E-state index contributed by atoms with van der Waals surface area (Å²) in [5.41, 5.74) is 6.68. The van der Waals surface area contributed by atoms with Gasteiger partial charge >= 0.3 is 0 Å². The van der Waals surface area contributed by atoms with E-state index in [1.54, 1.807) is 11.8 Å². The van der Waals surface area contributed by atoms with Gasteiger partial charge in [0.1, 0.15) is 5.75 Å². The van der Waals surface area contributed by atoms with E-state index in [0.717, 1.165) is 22.1 Å². The third-order valence-electron chi connectivity index (χ3n) is 1.87. The Kier molecular flexibility index (Phi) is 5.12. The van der Waals surface area contributed by atoms with E-state index in [1.165, 1.54) is 0 Å². The largest absolute Gasteiger partial charge is 0.494 e. The molecular formula is C12H17NOS. The maximum absolute atomic E-state index is 5.87. The minimum Gasteiger partial charge on any atom is -0.494 e. The Morgan fingerprint density at radius 1 is 1.47 bits per heavy atom. The van der Waals surface area contributed by atoms with Crippen LogP contribution in [0.5, 0.6) is 5.75 Å². The Balaban J connectivity index is 2.71. The minimum absolute atomic E-state index is 0.683. The Morgan fingerprint density at radius 2 is 2.27 bits per heavy atom. The van der Waals surface area contributed by atoms with Gasteiger partial charge in [0.2, 0.25) is 0 Å².